The van der Waals surface area contributed by atoms with Gasteiger partial charge in [0.25, 0.3) is 5.56 Å². The highest BCUT2D eigenvalue weighted by atomic mass is 16.2. The number of anilines is 1. The van der Waals surface area contributed by atoms with Gasteiger partial charge in [0.05, 0.1) is 23.1 Å². The van der Waals surface area contributed by atoms with Crippen LogP contribution in [-0.2, 0) is 14.1 Å². The van der Waals surface area contributed by atoms with E-state index in [-0.39, 0.29) is 11.4 Å². The second-order valence-corrected chi connectivity index (χ2v) is 5.88. The Balaban J connectivity index is 2.44. The molecular weight excluding hydrogens is 306 g/mol. The second-order valence-electron chi connectivity index (χ2n) is 5.88. The van der Waals surface area contributed by atoms with Crippen LogP contribution in [0.25, 0.3) is 0 Å². The quantitative estimate of drug-likeness (QED) is 0.801. The number of hydrogen-bond donors (Lipinski definition) is 2. The highest BCUT2D eigenvalue weighted by Gasteiger charge is 2.34. The van der Waals surface area contributed by atoms with Crippen molar-refractivity contribution in [1.82, 2.24) is 9.13 Å². The first-order valence-electron chi connectivity index (χ1n) is 7.40. The Bertz CT molecular complexity index is 1040. The molecule has 1 atom stereocenters. The third kappa shape index (κ3) is 2.12. The first-order chi connectivity index (χ1) is 11.4. The van der Waals surface area contributed by atoms with Crippen molar-refractivity contribution in [1.29, 1.82) is 5.26 Å². The van der Waals surface area contributed by atoms with Crippen molar-refractivity contribution in [3.63, 3.8) is 0 Å². The number of aryl methyl sites for hydroxylation is 1. The van der Waals surface area contributed by atoms with E-state index >= 15 is 0 Å². The summed E-state index contributed by atoms with van der Waals surface area (Å²) in [5.74, 6) is -0.137. The van der Waals surface area contributed by atoms with Gasteiger partial charge in [0.1, 0.15) is 11.6 Å². The van der Waals surface area contributed by atoms with Gasteiger partial charge in [-0.1, -0.05) is 29.8 Å². The summed E-state index contributed by atoms with van der Waals surface area (Å²) in [5, 5.41) is 12.4. The van der Waals surface area contributed by atoms with Crippen molar-refractivity contribution in [2.24, 2.45) is 19.8 Å². The zero-order valence-electron chi connectivity index (χ0n) is 13.6. The molecule has 7 heteroatoms. The Morgan fingerprint density at radius 1 is 1.25 bits per heavy atom. The van der Waals surface area contributed by atoms with Crippen LogP contribution in [-0.4, -0.2) is 9.13 Å². The van der Waals surface area contributed by atoms with E-state index in [1.54, 1.807) is 7.05 Å². The lowest BCUT2D eigenvalue weighted by molar-refractivity contribution is 0.664. The van der Waals surface area contributed by atoms with E-state index in [9.17, 15) is 14.9 Å². The van der Waals surface area contributed by atoms with Gasteiger partial charge in [-0.3, -0.25) is 13.9 Å². The molecule has 0 bridgehead atoms. The van der Waals surface area contributed by atoms with Crippen LogP contribution >= 0.6 is 0 Å². The molecule has 1 aliphatic rings. The maximum absolute atomic E-state index is 12.8. The second kappa shape index (κ2) is 5.42. The summed E-state index contributed by atoms with van der Waals surface area (Å²) >= 11 is 0. The molecular formula is C17H17N5O2. The molecule has 1 aromatic carbocycles. The largest absolute Gasteiger partial charge is 0.384 e. The van der Waals surface area contributed by atoms with Crippen LogP contribution in [0.15, 0.2) is 45.2 Å². The van der Waals surface area contributed by atoms with Gasteiger partial charge in [0.15, 0.2) is 0 Å². The van der Waals surface area contributed by atoms with Gasteiger partial charge in [-0.05, 0) is 12.5 Å². The topological polar surface area (TPSA) is 106 Å². The number of aromatic nitrogens is 2. The Hall–Kier alpha value is -3.27. The lowest BCUT2D eigenvalue weighted by Crippen LogP contribution is -2.43. The molecule has 24 heavy (non-hydrogen) atoms. The van der Waals surface area contributed by atoms with E-state index in [0.29, 0.717) is 11.4 Å². The molecule has 0 fully saturated rings. The first-order valence-corrected chi connectivity index (χ1v) is 7.40. The summed E-state index contributed by atoms with van der Waals surface area (Å²) in [6.45, 7) is 1.93. The minimum atomic E-state index is -0.614. The molecule has 0 aliphatic carbocycles. The van der Waals surface area contributed by atoms with E-state index in [0.717, 1.165) is 15.7 Å². The van der Waals surface area contributed by atoms with E-state index in [1.165, 1.54) is 11.6 Å². The maximum Gasteiger partial charge on any atom is 0.332 e. The minimum Gasteiger partial charge on any atom is -0.384 e. The molecule has 7 nitrogen and oxygen atoms in total. The number of nitrogens with zero attached hydrogens (tertiary/aromatic N) is 3. The third-order valence-electron chi connectivity index (χ3n) is 4.32. The van der Waals surface area contributed by atoms with Crippen LogP contribution in [0.5, 0.6) is 0 Å². The molecule has 2 aromatic rings. The van der Waals surface area contributed by atoms with Crippen molar-refractivity contribution in [2.45, 2.75) is 12.8 Å². The number of nitriles is 1. The Morgan fingerprint density at radius 3 is 2.58 bits per heavy atom. The summed E-state index contributed by atoms with van der Waals surface area (Å²) in [6, 6.07) is 9.66. The number of rotatable bonds is 1. The van der Waals surface area contributed by atoms with E-state index < -0.39 is 17.2 Å². The van der Waals surface area contributed by atoms with E-state index in [4.69, 9.17) is 5.73 Å². The van der Waals surface area contributed by atoms with E-state index in [1.807, 2.05) is 31.2 Å². The maximum atomic E-state index is 12.8. The Labute approximate surface area is 138 Å². The zero-order valence-corrected chi connectivity index (χ0v) is 13.6. The van der Waals surface area contributed by atoms with Crippen LogP contribution in [0, 0.1) is 18.3 Å². The Kier molecular flexibility index (Phi) is 3.53. The summed E-state index contributed by atoms with van der Waals surface area (Å²) in [6.07, 6.45) is 0. The average molecular weight is 323 g/mol. The molecule has 3 N–H and O–H groups in total. The molecule has 3 rings (SSSR count). The standard InChI is InChI=1S/C17H17N5O2/c1-9-5-4-6-10(7-9)12-11(8-18)14(19)20-15-13(12)16(23)22(3)17(24)21(15)2/h4-7,12,20H,19H2,1-3H3/t12-/m1/s1. The number of hydrogen-bond acceptors (Lipinski definition) is 5. The molecule has 1 aliphatic heterocycles. The highest BCUT2D eigenvalue weighted by molar-refractivity contribution is 5.64. The lowest BCUT2D eigenvalue weighted by atomic mass is 9.83. The van der Waals surface area contributed by atoms with Crippen LogP contribution in [0.4, 0.5) is 5.82 Å². The summed E-state index contributed by atoms with van der Waals surface area (Å²) in [7, 11) is 2.98. The normalized spacial score (nSPS) is 16.3. The minimum absolute atomic E-state index is 0.153. The van der Waals surface area contributed by atoms with Crippen LogP contribution in [0.1, 0.15) is 22.6 Å². The van der Waals surface area contributed by atoms with Gasteiger partial charge in [-0.15, -0.1) is 0 Å². The number of allylic oxidation sites excluding steroid dienone is 1. The van der Waals surface area contributed by atoms with Crippen molar-refractivity contribution in [3.05, 3.63) is 73.2 Å². The summed E-state index contributed by atoms with van der Waals surface area (Å²) < 4.78 is 2.38. The van der Waals surface area contributed by atoms with Crippen molar-refractivity contribution < 1.29 is 0 Å². The average Bonchev–Trinajstić information content (AvgIpc) is 2.57. The van der Waals surface area contributed by atoms with Crippen LogP contribution in [0.3, 0.4) is 0 Å². The monoisotopic (exact) mass is 323 g/mol. The number of nitrogens with one attached hydrogen (secondary N) is 1. The fraction of sp³-hybridized carbons (Fsp3) is 0.235. The molecule has 1 aromatic heterocycles. The lowest BCUT2D eigenvalue weighted by Gasteiger charge is -2.28. The highest BCUT2D eigenvalue weighted by Crippen LogP contribution is 2.37. The zero-order chi connectivity index (χ0) is 17.6. The summed E-state index contributed by atoms with van der Waals surface area (Å²) in [5.41, 5.74) is 7.51. The van der Waals surface area contributed by atoms with Gasteiger partial charge in [-0.2, -0.15) is 5.26 Å². The van der Waals surface area contributed by atoms with Crippen molar-refractivity contribution in [3.8, 4) is 6.07 Å². The van der Waals surface area contributed by atoms with E-state index in [2.05, 4.69) is 11.4 Å². The molecule has 2 heterocycles. The van der Waals surface area contributed by atoms with Crippen molar-refractivity contribution in [2.75, 3.05) is 5.32 Å². The first kappa shape index (κ1) is 15.6. The number of fused-ring (bicyclic) bond motifs is 1. The molecule has 0 amide bonds. The SMILES string of the molecule is Cc1cccc([C@@H]2C(C#N)=C(N)Nc3c2c(=O)n(C)c(=O)n3C)c1. The molecule has 0 saturated heterocycles. The van der Waals surface area contributed by atoms with Crippen LogP contribution < -0.4 is 22.3 Å². The van der Waals surface area contributed by atoms with Crippen LogP contribution in [0.2, 0.25) is 0 Å². The smallest absolute Gasteiger partial charge is 0.332 e. The van der Waals surface area contributed by atoms with Crippen molar-refractivity contribution >= 4 is 5.82 Å². The van der Waals surface area contributed by atoms with Gasteiger partial charge in [-0.25, -0.2) is 4.79 Å². The number of nitrogens with two attached hydrogens (primary N) is 1. The number of benzene rings is 1. The summed E-state index contributed by atoms with van der Waals surface area (Å²) in [4.78, 5) is 24.9. The predicted octanol–water partition coefficient (Wildman–Crippen LogP) is 0.644. The molecule has 0 unspecified atom stereocenters. The van der Waals surface area contributed by atoms with Gasteiger partial charge in [0, 0.05) is 14.1 Å². The predicted molar refractivity (Wildman–Crippen MR) is 90.4 cm³/mol. The molecule has 0 saturated carbocycles. The molecule has 0 radical (unpaired) electrons. The van der Waals surface area contributed by atoms with Gasteiger partial charge >= 0.3 is 5.69 Å². The molecule has 122 valence electrons. The molecule has 0 spiro atoms. The fourth-order valence-corrected chi connectivity index (χ4v) is 3.08. The third-order valence-corrected chi connectivity index (χ3v) is 4.32. The fourth-order valence-electron chi connectivity index (χ4n) is 3.08. The van der Waals surface area contributed by atoms with Gasteiger partial charge in [0.2, 0.25) is 0 Å². The Morgan fingerprint density at radius 2 is 1.96 bits per heavy atom. The van der Waals surface area contributed by atoms with Gasteiger partial charge < -0.3 is 11.1 Å².